The van der Waals surface area contributed by atoms with Crippen LogP contribution in [0.4, 0.5) is 5.69 Å². The lowest BCUT2D eigenvalue weighted by molar-refractivity contribution is 0.0572. The summed E-state index contributed by atoms with van der Waals surface area (Å²) in [6.07, 6.45) is -1.22. The van der Waals surface area contributed by atoms with Crippen LogP contribution in [0, 0.1) is 0 Å². The van der Waals surface area contributed by atoms with Gasteiger partial charge in [-0.1, -0.05) is 12.1 Å². The van der Waals surface area contributed by atoms with E-state index in [-0.39, 0.29) is 0 Å². The van der Waals surface area contributed by atoms with Crippen LogP contribution in [0.15, 0.2) is 24.3 Å². The highest BCUT2D eigenvalue weighted by Gasteiger charge is 2.29. The molecule has 2 atom stereocenters. The van der Waals surface area contributed by atoms with Crippen molar-refractivity contribution in [3.63, 3.8) is 0 Å². The largest absolute Gasteiger partial charge is 0.399 e. The second kappa shape index (κ2) is 4.18. The predicted octanol–water partition coefficient (Wildman–Crippen LogP) is -0.194. The molecule has 4 N–H and O–H groups in total. The maximum Gasteiger partial charge on any atom is 0.0938 e. The van der Waals surface area contributed by atoms with Crippen molar-refractivity contribution in [3.8, 4) is 0 Å². The fourth-order valence-electron chi connectivity index (χ4n) is 1.86. The van der Waals surface area contributed by atoms with Crippen LogP contribution in [-0.2, 0) is 6.54 Å². The average molecular weight is 208 g/mol. The van der Waals surface area contributed by atoms with Crippen molar-refractivity contribution in [2.45, 2.75) is 18.8 Å². The number of β-amino-alcohol motifs (C(OH)–C–C–N with tert-alkyl or cyclic N) is 2. The van der Waals surface area contributed by atoms with Crippen LogP contribution in [0.2, 0.25) is 0 Å². The first-order chi connectivity index (χ1) is 7.15. The topological polar surface area (TPSA) is 69.7 Å². The van der Waals surface area contributed by atoms with E-state index in [2.05, 4.69) is 0 Å². The van der Waals surface area contributed by atoms with Crippen molar-refractivity contribution >= 4 is 5.69 Å². The van der Waals surface area contributed by atoms with Gasteiger partial charge < -0.3 is 15.9 Å². The quantitative estimate of drug-likeness (QED) is 0.589. The van der Waals surface area contributed by atoms with Crippen LogP contribution >= 0.6 is 0 Å². The van der Waals surface area contributed by atoms with E-state index in [0.717, 1.165) is 17.8 Å². The number of anilines is 1. The zero-order valence-electron chi connectivity index (χ0n) is 8.50. The molecule has 82 valence electrons. The molecule has 15 heavy (non-hydrogen) atoms. The molecule has 1 heterocycles. The molecule has 1 aliphatic heterocycles. The normalized spacial score (nSPS) is 27.1. The molecule has 4 nitrogen and oxygen atoms in total. The lowest BCUT2D eigenvalue weighted by atomic mass is 10.2. The Morgan fingerprint density at radius 2 is 1.67 bits per heavy atom. The van der Waals surface area contributed by atoms with Gasteiger partial charge in [-0.3, -0.25) is 4.90 Å². The van der Waals surface area contributed by atoms with E-state index in [4.69, 9.17) is 5.73 Å². The molecule has 1 fully saturated rings. The fourth-order valence-corrected chi connectivity index (χ4v) is 1.86. The first kappa shape index (κ1) is 10.4. The van der Waals surface area contributed by atoms with Crippen molar-refractivity contribution in [2.24, 2.45) is 0 Å². The minimum absolute atomic E-state index is 0.533. The van der Waals surface area contributed by atoms with Gasteiger partial charge in [-0.05, 0) is 17.7 Å². The molecule has 0 aliphatic carbocycles. The van der Waals surface area contributed by atoms with Gasteiger partial charge in [0.05, 0.1) is 12.2 Å². The van der Waals surface area contributed by atoms with Gasteiger partial charge in [0.2, 0.25) is 0 Å². The Morgan fingerprint density at radius 3 is 2.20 bits per heavy atom. The van der Waals surface area contributed by atoms with E-state index < -0.39 is 12.2 Å². The van der Waals surface area contributed by atoms with Gasteiger partial charge in [-0.15, -0.1) is 0 Å². The Kier molecular flexibility index (Phi) is 2.90. The molecule has 2 rings (SSSR count). The monoisotopic (exact) mass is 208 g/mol. The van der Waals surface area contributed by atoms with E-state index in [9.17, 15) is 10.2 Å². The molecule has 0 aromatic heterocycles. The van der Waals surface area contributed by atoms with Crippen LogP contribution in [0.3, 0.4) is 0 Å². The van der Waals surface area contributed by atoms with Crippen molar-refractivity contribution < 1.29 is 10.2 Å². The number of benzene rings is 1. The van der Waals surface area contributed by atoms with Crippen LogP contribution in [-0.4, -0.2) is 40.4 Å². The Morgan fingerprint density at radius 1 is 1.13 bits per heavy atom. The summed E-state index contributed by atoms with van der Waals surface area (Å²) < 4.78 is 0. The summed E-state index contributed by atoms with van der Waals surface area (Å²) in [5, 5.41) is 18.8. The SMILES string of the molecule is Nc1ccc(CN2CC(O)C(O)C2)cc1. The molecule has 1 aromatic carbocycles. The third-order valence-electron chi connectivity index (χ3n) is 2.72. The molecule has 0 spiro atoms. The highest BCUT2D eigenvalue weighted by Crippen LogP contribution is 2.14. The molecule has 0 saturated carbocycles. The highest BCUT2D eigenvalue weighted by atomic mass is 16.3. The number of hydrogen-bond acceptors (Lipinski definition) is 4. The number of hydrogen-bond donors (Lipinski definition) is 3. The number of aliphatic hydroxyl groups is 2. The van der Waals surface area contributed by atoms with Crippen LogP contribution in [0.1, 0.15) is 5.56 Å². The molecule has 1 aromatic rings. The van der Waals surface area contributed by atoms with Gasteiger partial charge >= 0.3 is 0 Å². The summed E-state index contributed by atoms with van der Waals surface area (Å²) in [5.41, 5.74) is 7.48. The van der Waals surface area contributed by atoms with Gasteiger partial charge in [0.25, 0.3) is 0 Å². The Bertz CT molecular complexity index is 316. The zero-order valence-corrected chi connectivity index (χ0v) is 8.50. The third-order valence-corrected chi connectivity index (χ3v) is 2.72. The molecular weight excluding hydrogens is 192 g/mol. The van der Waals surface area contributed by atoms with Crippen molar-refractivity contribution in [1.82, 2.24) is 4.90 Å². The minimum Gasteiger partial charge on any atom is -0.399 e. The molecule has 1 saturated heterocycles. The summed E-state index contributed by atoms with van der Waals surface area (Å²) in [7, 11) is 0. The summed E-state index contributed by atoms with van der Waals surface area (Å²) >= 11 is 0. The summed E-state index contributed by atoms with van der Waals surface area (Å²) in [5.74, 6) is 0. The van der Waals surface area contributed by atoms with Gasteiger partial charge in [0, 0.05) is 25.3 Å². The van der Waals surface area contributed by atoms with Crippen LogP contribution in [0.25, 0.3) is 0 Å². The zero-order chi connectivity index (χ0) is 10.8. The van der Waals surface area contributed by atoms with E-state index in [1.54, 1.807) is 0 Å². The van der Waals surface area contributed by atoms with E-state index in [0.29, 0.717) is 13.1 Å². The maximum absolute atomic E-state index is 9.38. The lowest BCUT2D eigenvalue weighted by Crippen LogP contribution is -2.22. The molecule has 0 amide bonds. The lowest BCUT2D eigenvalue weighted by Gasteiger charge is -2.14. The van der Waals surface area contributed by atoms with Gasteiger partial charge in [-0.2, -0.15) is 0 Å². The number of nitrogens with zero attached hydrogens (tertiary/aromatic N) is 1. The molecule has 0 radical (unpaired) electrons. The van der Waals surface area contributed by atoms with Crippen LogP contribution < -0.4 is 5.73 Å². The van der Waals surface area contributed by atoms with Crippen LogP contribution in [0.5, 0.6) is 0 Å². The van der Waals surface area contributed by atoms with Gasteiger partial charge in [-0.25, -0.2) is 0 Å². The summed E-state index contributed by atoms with van der Waals surface area (Å²) in [6, 6.07) is 7.65. The Hall–Kier alpha value is -1.10. The van der Waals surface area contributed by atoms with Crippen molar-refractivity contribution in [3.05, 3.63) is 29.8 Å². The average Bonchev–Trinajstić information content (AvgIpc) is 2.50. The number of likely N-dealkylation sites (tertiary alicyclic amines) is 1. The summed E-state index contributed by atoms with van der Waals surface area (Å²) in [4.78, 5) is 2.03. The number of nitrogen functional groups attached to an aromatic ring is 1. The fraction of sp³-hybridized carbons (Fsp3) is 0.455. The third kappa shape index (κ3) is 2.47. The van der Waals surface area contributed by atoms with E-state index in [1.807, 2.05) is 29.2 Å². The van der Waals surface area contributed by atoms with Gasteiger partial charge in [0.15, 0.2) is 0 Å². The van der Waals surface area contributed by atoms with E-state index >= 15 is 0 Å². The minimum atomic E-state index is -0.612. The molecular formula is C11H16N2O2. The predicted molar refractivity (Wildman–Crippen MR) is 58.1 cm³/mol. The maximum atomic E-state index is 9.38. The number of nitrogens with two attached hydrogens (primary N) is 1. The van der Waals surface area contributed by atoms with E-state index in [1.165, 1.54) is 0 Å². The number of aliphatic hydroxyl groups excluding tert-OH is 2. The molecule has 1 aliphatic rings. The number of rotatable bonds is 2. The first-order valence-electron chi connectivity index (χ1n) is 5.08. The van der Waals surface area contributed by atoms with Gasteiger partial charge in [0.1, 0.15) is 0 Å². The second-order valence-electron chi connectivity index (χ2n) is 4.07. The second-order valence-corrected chi connectivity index (χ2v) is 4.07. The first-order valence-corrected chi connectivity index (χ1v) is 5.08. The summed E-state index contributed by atoms with van der Waals surface area (Å²) in [6.45, 7) is 1.81. The Balaban J connectivity index is 1.95. The van der Waals surface area contributed by atoms with Crippen molar-refractivity contribution in [2.75, 3.05) is 18.8 Å². The van der Waals surface area contributed by atoms with Crippen molar-refractivity contribution in [1.29, 1.82) is 0 Å². The Labute approximate surface area is 88.9 Å². The smallest absolute Gasteiger partial charge is 0.0938 e. The standard InChI is InChI=1S/C11H16N2O2/c12-9-3-1-8(2-4-9)5-13-6-10(14)11(15)7-13/h1-4,10-11,14-15H,5-7,12H2. The highest BCUT2D eigenvalue weighted by molar-refractivity contribution is 5.39. The molecule has 2 unspecified atom stereocenters. The molecule has 0 bridgehead atoms. The molecule has 4 heteroatoms.